The third-order valence-electron chi connectivity index (χ3n) is 6.00. The van der Waals surface area contributed by atoms with Gasteiger partial charge in [-0.1, -0.05) is 23.4 Å². The minimum Gasteiger partial charge on any atom is -0.497 e. The maximum absolute atomic E-state index is 12.7. The van der Waals surface area contributed by atoms with Gasteiger partial charge >= 0.3 is 0 Å². The number of amides is 1. The summed E-state index contributed by atoms with van der Waals surface area (Å²) in [7, 11) is 3.18. The molecule has 9 nitrogen and oxygen atoms in total. The molecule has 194 valence electrons. The molecule has 0 fully saturated rings. The normalized spacial score (nSPS) is 11.0. The number of nitrogens with one attached hydrogen (secondary N) is 1. The summed E-state index contributed by atoms with van der Waals surface area (Å²) >= 11 is 3.22. The molecule has 0 aliphatic heterocycles. The molecule has 0 spiro atoms. The molecule has 0 aliphatic rings. The lowest BCUT2D eigenvalue weighted by atomic mass is 10.1. The van der Waals surface area contributed by atoms with Crippen molar-refractivity contribution in [2.45, 2.75) is 6.54 Å². The van der Waals surface area contributed by atoms with Crippen molar-refractivity contribution in [1.29, 1.82) is 0 Å². The van der Waals surface area contributed by atoms with Gasteiger partial charge in [0.15, 0.2) is 10.0 Å². The average Bonchev–Trinajstić information content (AvgIpc) is 3.74. The number of carbonyl (C=O) groups is 1. The highest BCUT2D eigenvalue weighted by molar-refractivity contribution is 7.25. The van der Waals surface area contributed by atoms with Gasteiger partial charge < -0.3 is 14.8 Å². The molecule has 0 bridgehead atoms. The van der Waals surface area contributed by atoms with E-state index in [1.807, 2.05) is 47.8 Å². The number of thiazole rings is 2. The van der Waals surface area contributed by atoms with Crippen LogP contribution in [-0.2, 0) is 11.3 Å². The average molecular weight is 555 g/mol. The quantitative estimate of drug-likeness (QED) is 0.246. The number of anilines is 1. The van der Waals surface area contributed by atoms with Crippen molar-refractivity contribution in [3.05, 3.63) is 78.4 Å². The number of rotatable bonds is 8. The highest BCUT2D eigenvalue weighted by Crippen LogP contribution is 2.34. The van der Waals surface area contributed by atoms with Crippen LogP contribution >= 0.6 is 22.7 Å². The van der Waals surface area contributed by atoms with Crippen molar-refractivity contribution >= 4 is 44.5 Å². The first kappa shape index (κ1) is 24.7. The highest BCUT2D eigenvalue weighted by Gasteiger charge is 2.12. The van der Waals surface area contributed by atoms with Gasteiger partial charge in [0, 0.05) is 28.9 Å². The fourth-order valence-electron chi connectivity index (χ4n) is 4.08. The van der Waals surface area contributed by atoms with Crippen molar-refractivity contribution in [2.75, 3.05) is 19.5 Å². The van der Waals surface area contributed by atoms with E-state index in [-0.39, 0.29) is 12.5 Å². The van der Waals surface area contributed by atoms with Crippen molar-refractivity contribution in [3.63, 3.8) is 0 Å². The minimum atomic E-state index is -0.205. The second-order valence-corrected chi connectivity index (χ2v) is 10.5. The molecule has 0 aliphatic carbocycles. The largest absolute Gasteiger partial charge is 0.497 e. The molecule has 39 heavy (non-hydrogen) atoms. The van der Waals surface area contributed by atoms with Gasteiger partial charge in [0.2, 0.25) is 5.91 Å². The molecule has 1 amide bonds. The van der Waals surface area contributed by atoms with E-state index >= 15 is 0 Å². The van der Waals surface area contributed by atoms with Gasteiger partial charge in [-0.3, -0.25) is 4.79 Å². The van der Waals surface area contributed by atoms with E-state index in [0.717, 1.165) is 36.9 Å². The first-order valence-corrected chi connectivity index (χ1v) is 13.6. The second kappa shape index (κ2) is 10.6. The van der Waals surface area contributed by atoms with Crippen LogP contribution in [0.15, 0.2) is 78.4 Å². The number of carbonyl (C=O) groups excluding carboxylic acids is 1. The second-order valence-electron chi connectivity index (χ2n) is 8.57. The summed E-state index contributed by atoms with van der Waals surface area (Å²) in [4.78, 5) is 21.7. The molecule has 0 radical (unpaired) electrons. The molecule has 0 atom stereocenters. The van der Waals surface area contributed by atoms with Crippen LogP contribution in [-0.4, -0.2) is 45.1 Å². The zero-order chi connectivity index (χ0) is 26.8. The Morgan fingerprint density at radius 1 is 0.923 bits per heavy atom. The van der Waals surface area contributed by atoms with Crippen molar-refractivity contribution in [3.8, 4) is 43.9 Å². The van der Waals surface area contributed by atoms with Crippen LogP contribution in [0, 0.1) is 0 Å². The predicted octanol–water partition coefficient (Wildman–Crippen LogP) is 6.00. The summed E-state index contributed by atoms with van der Waals surface area (Å²) in [6, 6.07) is 19.4. The zero-order valence-electron chi connectivity index (χ0n) is 21.0. The number of hydrogen-bond donors (Lipinski definition) is 1. The molecule has 0 saturated heterocycles. The van der Waals surface area contributed by atoms with E-state index in [1.54, 1.807) is 55.4 Å². The lowest BCUT2D eigenvalue weighted by molar-refractivity contribution is -0.116. The number of benzene rings is 3. The first-order valence-electron chi connectivity index (χ1n) is 11.9. The molecule has 6 rings (SSSR count). The number of methoxy groups -OCH3 is 2. The van der Waals surface area contributed by atoms with Crippen LogP contribution < -0.4 is 14.8 Å². The first-order chi connectivity index (χ1) is 19.1. The fourth-order valence-corrected chi connectivity index (χ4v) is 5.77. The Kier molecular flexibility index (Phi) is 6.74. The Hall–Kier alpha value is -4.61. The van der Waals surface area contributed by atoms with Gasteiger partial charge in [-0.05, 0) is 47.5 Å². The van der Waals surface area contributed by atoms with Crippen molar-refractivity contribution in [1.82, 2.24) is 25.0 Å². The third-order valence-corrected chi connectivity index (χ3v) is 7.93. The van der Waals surface area contributed by atoms with Crippen LogP contribution in [0.5, 0.6) is 11.5 Å². The predicted molar refractivity (Wildman–Crippen MR) is 153 cm³/mol. The number of aromatic nitrogens is 5. The standard InChI is InChI=1S/C28H22N6O3S2/c1-36-21-11-19(12-22(14-21)37-2)24-15-34(33-32-24)16-26(35)30-20-6-3-17(4-7-20)18-5-8-23-25(13-18)39-28(31-23)27-29-9-10-38-27/h3-15H,16H2,1-2H3,(H,30,35). The Bertz CT molecular complexity index is 1740. The van der Waals surface area contributed by atoms with Crippen molar-refractivity contribution in [2.24, 2.45) is 0 Å². The maximum Gasteiger partial charge on any atom is 0.246 e. The van der Waals surface area contributed by atoms with Crippen LogP contribution in [0.1, 0.15) is 0 Å². The summed E-state index contributed by atoms with van der Waals surface area (Å²) in [5.74, 6) is 1.09. The van der Waals surface area contributed by atoms with Crippen LogP contribution in [0.3, 0.4) is 0 Å². The molecular weight excluding hydrogens is 532 g/mol. The Labute approximate surface area is 231 Å². The Morgan fingerprint density at radius 3 is 2.41 bits per heavy atom. The topological polar surface area (TPSA) is 104 Å². The lowest BCUT2D eigenvalue weighted by Crippen LogP contribution is -2.19. The van der Waals surface area contributed by atoms with Gasteiger partial charge in [-0.15, -0.1) is 27.8 Å². The molecule has 11 heteroatoms. The highest BCUT2D eigenvalue weighted by atomic mass is 32.1. The molecular formula is C28H22N6O3S2. The summed E-state index contributed by atoms with van der Waals surface area (Å²) in [6.07, 6.45) is 3.51. The molecule has 6 aromatic rings. The summed E-state index contributed by atoms with van der Waals surface area (Å²) in [6.45, 7) is 0.0271. The Morgan fingerprint density at radius 2 is 1.69 bits per heavy atom. The molecule has 1 N–H and O–H groups in total. The summed E-state index contributed by atoms with van der Waals surface area (Å²) in [5, 5.41) is 15.0. The van der Waals surface area contributed by atoms with Gasteiger partial charge in [0.1, 0.15) is 23.7 Å². The number of fused-ring (bicyclic) bond motifs is 1. The van der Waals surface area contributed by atoms with E-state index < -0.39 is 0 Å². The van der Waals surface area contributed by atoms with E-state index in [9.17, 15) is 4.79 Å². The van der Waals surface area contributed by atoms with E-state index in [1.165, 1.54) is 4.68 Å². The number of hydrogen-bond acceptors (Lipinski definition) is 9. The van der Waals surface area contributed by atoms with Crippen LogP contribution in [0.2, 0.25) is 0 Å². The van der Waals surface area contributed by atoms with Gasteiger partial charge in [0.25, 0.3) is 0 Å². The van der Waals surface area contributed by atoms with Crippen LogP contribution in [0.4, 0.5) is 5.69 Å². The van der Waals surface area contributed by atoms with Crippen molar-refractivity contribution < 1.29 is 14.3 Å². The minimum absolute atomic E-state index is 0.0271. The zero-order valence-corrected chi connectivity index (χ0v) is 22.6. The molecule has 3 aromatic heterocycles. The smallest absolute Gasteiger partial charge is 0.246 e. The summed E-state index contributed by atoms with van der Waals surface area (Å²) in [5.41, 5.74) is 5.18. The number of nitrogens with zero attached hydrogens (tertiary/aromatic N) is 5. The summed E-state index contributed by atoms with van der Waals surface area (Å²) < 4.78 is 13.2. The van der Waals surface area contributed by atoms with Gasteiger partial charge in [0.05, 0.1) is 30.6 Å². The molecule has 0 unspecified atom stereocenters. The maximum atomic E-state index is 12.7. The number of ether oxygens (including phenoxy) is 2. The monoisotopic (exact) mass is 554 g/mol. The third kappa shape index (κ3) is 5.35. The SMILES string of the molecule is COc1cc(OC)cc(-c2cn(CC(=O)Nc3ccc(-c4ccc5nc(-c6nccs6)sc5c4)cc3)nn2)c1. The fraction of sp³-hybridized carbons (Fsp3) is 0.107. The van der Waals surface area contributed by atoms with Gasteiger partial charge in [-0.25, -0.2) is 14.6 Å². The Balaban J connectivity index is 1.12. The van der Waals surface area contributed by atoms with E-state index in [0.29, 0.717) is 22.9 Å². The van der Waals surface area contributed by atoms with E-state index in [2.05, 4.69) is 32.7 Å². The molecule has 3 heterocycles. The van der Waals surface area contributed by atoms with Gasteiger partial charge in [-0.2, -0.15) is 0 Å². The lowest BCUT2D eigenvalue weighted by Gasteiger charge is -2.07. The molecule has 0 saturated carbocycles. The molecule has 3 aromatic carbocycles. The van der Waals surface area contributed by atoms with E-state index in [4.69, 9.17) is 14.5 Å². The van der Waals surface area contributed by atoms with Crippen LogP contribution in [0.25, 0.3) is 42.6 Å².